The molecule has 2 aromatic heterocycles. The Hall–Kier alpha value is -0.960. The molecule has 108 valence electrons. The molecule has 6 nitrogen and oxygen atoms in total. The number of nitrogens with zero attached hydrogens (tertiary/aromatic N) is 3. The van der Waals surface area contributed by atoms with Crippen molar-refractivity contribution >= 4 is 33.0 Å². The van der Waals surface area contributed by atoms with Crippen LogP contribution in [0.1, 0.15) is 24.7 Å². The second kappa shape index (κ2) is 5.44. The predicted molar refractivity (Wildman–Crippen MR) is 76.5 cm³/mol. The smallest absolute Gasteiger partial charge is 0.250 e. The molecule has 9 heteroatoms. The minimum atomic E-state index is -3.48. The third-order valence-electron chi connectivity index (χ3n) is 3.04. The maximum atomic E-state index is 12.0. The van der Waals surface area contributed by atoms with Gasteiger partial charge in [0.05, 0.1) is 4.34 Å². The Morgan fingerprint density at radius 3 is 2.90 bits per heavy atom. The first-order chi connectivity index (χ1) is 9.56. The van der Waals surface area contributed by atoms with Gasteiger partial charge in [0.25, 0.3) is 0 Å². The molecule has 0 saturated heterocycles. The molecule has 0 aromatic carbocycles. The van der Waals surface area contributed by atoms with E-state index in [-0.39, 0.29) is 4.21 Å². The zero-order valence-corrected chi connectivity index (χ0v) is 12.9. The summed E-state index contributed by atoms with van der Waals surface area (Å²) in [7, 11) is -3.48. The fourth-order valence-corrected chi connectivity index (χ4v) is 4.47. The zero-order chi connectivity index (χ0) is 14.2. The van der Waals surface area contributed by atoms with E-state index in [0.717, 1.165) is 30.0 Å². The molecule has 0 atom stereocenters. The number of aromatic nitrogens is 3. The summed E-state index contributed by atoms with van der Waals surface area (Å²) in [6.45, 7) is 0.295. The van der Waals surface area contributed by atoms with Crippen LogP contribution in [0.15, 0.2) is 22.7 Å². The molecule has 1 aliphatic carbocycles. The molecular formula is C11H13ClN4O2S2. The van der Waals surface area contributed by atoms with E-state index in [0.29, 0.717) is 23.3 Å². The lowest BCUT2D eigenvalue weighted by Crippen LogP contribution is -2.26. The first kappa shape index (κ1) is 14.0. The van der Waals surface area contributed by atoms with Crippen LogP contribution in [0, 0.1) is 0 Å². The van der Waals surface area contributed by atoms with Crippen molar-refractivity contribution in [1.29, 1.82) is 0 Å². The van der Waals surface area contributed by atoms with Crippen LogP contribution in [-0.2, 0) is 16.4 Å². The molecule has 1 N–H and O–H groups in total. The highest BCUT2D eigenvalue weighted by Gasteiger charge is 2.26. The lowest BCUT2D eigenvalue weighted by atomic mass is 10.4. The highest BCUT2D eigenvalue weighted by molar-refractivity contribution is 7.91. The fourth-order valence-electron chi connectivity index (χ4n) is 1.91. The van der Waals surface area contributed by atoms with Gasteiger partial charge < -0.3 is 4.57 Å². The molecule has 20 heavy (non-hydrogen) atoms. The molecule has 1 fully saturated rings. The number of rotatable bonds is 6. The van der Waals surface area contributed by atoms with E-state index >= 15 is 0 Å². The van der Waals surface area contributed by atoms with Crippen LogP contribution in [0.3, 0.4) is 0 Å². The second-order valence-electron chi connectivity index (χ2n) is 4.59. The van der Waals surface area contributed by atoms with Gasteiger partial charge in [-0.25, -0.2) is 13.1 Å². The number of hydrogen-bond donors (Lipinski definition) is 1. The van der Waals surface area contributed by atoms with Gasteiger partial charge in [0, 0.05) is 19.0 Å². The summed E-state index contributed by atoms with van der Waals surface area (Å²) < 4.78 is 29.3. The van der Waals surface area contributed by atoms with Crippen molar-refractivity contribution in [2.24, 2.45) is 0 Å². The van der Waals surface area contributed by atoms with Crippen LogP contribution in [0.25, 0.3) is 0 Å². The van der Waals surface area contributed by atoms with E-state index in [1.807, 2.05) is 4.57 Å². The van der Waals surface area contributed by atoms with Crippen molar-refractivity contribution in [2.45, 2.75) is 29.5 Å². The number of thiophene rings is 1. The Bertz CT molecular complexity index is 706. The van der Waals surface area contributed by atoms with E-state index in [1.165, 1.54) is 6.07 Å². The number of hydrogen-bond acceptors (Lipinski definition) is 5. The number of sulfonamides is 1. The van der Waals surface area contributed by atoms with Gasteiger partial charge in [-0.2, -0.15) is 0 Å². The Balaban J connectivity index is 1.60. The van der Waals surface area contributed by atoms with Crippen molar-refractivity contribution in [1.82, 2.24) is 19.5 Å². The Morgan fingerprint density at radius 1 is 1.45 bits per heavy atom. The molecule has 2 aromatic rings. The van der Waals surface area contributed by atoms with Gasteiger partial charge >= 0.3 is 0 Å². The van der Waals surface area contributed by atoms with Gasteiger partial charge in [0.15, 0.2) is 0 Å². The molecule has 0 aliphatic heterocycles. The van der Waals surface area contributed by atoms with Crippen LogP contribution in [0.5, 0.6) is 0 Å². The molecule has 1 aliphatic rings. The van der Waals surface area contributed by atoms with Gasteiger partial charge in [-0.15, -0.1) is 21.5 Å². The average molecular weight is 333 g/mol. The SMILES string of the molecule is O=S(=O)(NCCc1nncn1C1CC1)c1ccc(Cl)s1. The van der Waals surface area contributed by atoms with Gasteiger partial charge in [-0.05, 0) is 25.0 Å². The molecule has 0 unspecified atom stereocenters. The van der Waals surface area contributed by atoms with Gasteiger partial charge in [0.1, 0.15) is 16.4 Å². The first-order valence-electron chi connectivity index (χ1n) is 6.19. The second-order valence-corrected chi connectivity index (χ2v) is 8.30. The van der Waals surface area contributed by atoms with E-state index < -0.39 is 10.0 Å². The summed E-state index contributed by atoms with van der Waals surface area (Å²) in [5.74, 6) is 0.819. The summed E-state index contributed by atoms with van der Waals surface area (Å²) in [6, 6.07) is 3.57. The molecule has 0 amide bonds. The minimum absolute atomic E-state index is 0.228. The van der Waals surface area contributed by atoms with Crippen LogP contribution < -0.4 is 4.72 Å². The van der Waals surface area contributed by atoms with Crippen LogP contribution in [0.4, 0.5) is 0 Å². The molecule has 1 saturated carbocycles. The maximum absolute atomic E-state index is 12.0. The highest BCUT2D eigenvalue weighted by Crippen LogP contribution is 2.35. The van der Waals surface area contributed by atoms with E-state index in [4.69, 9.17) is 11.6 Å². The summed E-state index contributed by atoms with van der Waals surface area (Å²) >= 11 is 6.79. The maximum Gasteiger partial charge on any atom is 0.250 e. The van der Waals surface area contributed by atoms with Gasteiger partial charge in [0.2, 0.25) is 10.0 Å². The van der Waals surface area contributed by atoms with Crippen LogP contribution >= 0.6 is 22.9 Å². The molecule has 0 spiro atoms. The third kappa shape index (κ3) is 3.03. The zero-order valence-electron chi connectivity index (χ0n) is 10.5. The van der Waals surface area contributed by atoms with E-state index in [9.17, 15) is 8.42 Å². The third-order valence-corrected chi connectivity index (χ3v) is 6.23. The van der Waals surface area contributed by atoms with Crippen LogP contribution in [0.2, 0.25) is 4.34 Å². The summed E-state index contributed by atoms with van der Waals surface area (Å²) in [5.41, 5.74) is 0. The highest BCUT2D eigenvalue weighted by atomic mass is 35.5. The number of nitrogens with one attached hydrogen (secondary N) is 1. The summed E-state index contributed by atoms with van der Waals surface area (Å²) in [5, 5.41) is 7.91. The Kier molecular flexibility index (Phi) is 3.80. The fraction of sp³-hybridized carbons (Fsp3) is 0.455. The normalized spacial score (nSPS) is 15.7. The Morgan fingerprint density at radius 2 is 2.25 bits per heavy atom. The summed E-state index contributed by atoms with van der Waals surface area (Å²) in [4.78, 5) is 0. The lowest BCUT2D eigenvalue weighted by Gasteiger charge is -2.06. The summed E-state index contributed by atoms with van der Waals surface area (Å²) in [6.07, 6.45) is 4.52. The monoisotopic (exact) mass is 332 g/mol. The molecule has 0 radical (unpaired) electrons. The molecule has 3 rings (SSSR count). The van der Waals surface area contributed by atoms with Crippen molar-refractivity contribution < 1.29 is 8.42 Å². The van der Waals surface area contributed by atoms with Gasteiger partial charge in [-0.3, -0.25) is 0 Å². The van der Waals surface area contributed by atoms with Crippen molar-refractivity contribution in [2.75, 3.05) is 6.54 Å². The standard InChI is InChI=1S/C11H13ClN4O2S2/c12-9-3-4-11(19-9)20(17,18)14-6-5-10-15-13-7-16(10)8-1-2-8/h3-4,7-8,14H,1-2,5-6H2. The quantitative estimate of drug-likeness (QED) is 0.875. The Labute approximate surface area is 125 Å². The topological polar surface area (TPSA) is 76.9 Å². The molecule has 0 bridgehead atoms. The number of halogens is 1. The van der Waals surface area contributed by atoms with Crippen molar-refractivity contribution in [3.63, 3.8) is 0 Å². The average Bonchev–Trinajstić information content (AvgIpc) is 2.96. The van der Waals surface area contributed by atoms with Crippen molar-refractivity contribution in [3.05, 3.63) is 28.6 Å². The minimum Gasteiger partial charge on any atom is -0.314 e. The van der Waals surface area contributed by atoms with E-state index in [1.54, 1.807) is 12.4 Å². The lowest BCUT2D eigenvalue weighted by molar-refractivity contribution is 0.580. The largest absolute Gasteiger partial charge is 0.314 e. The van der Waals surface area contributed by atoms with Gasteiger partial charge in [-0.1, -0.05) is 11.6 Å². The van der Waals surface area contributed by atoms with E-state index in [2.05, 4.69) is 14.9 Å². The predicted octanol–water partition coefficient (Wildman–Crippen LogP) is 1.85. The van der Waals surface area contributed by atoms with Crippen molar-refractivity contribution in [3.8, 4) is 0 Å². The molecular weight excluding hydrogens is 320 g/mol. The first-order valence-corrected chi connectivity index (χ1v) is 8.87. The molecule has 2 heterocycles. The van der Waals surface area contributed by atoms with Crippen LogP contribution in [-0.4, -0.2) is 29.7 Å².